The summed E-state index contributed by atoms with van der Waals surface area (Å²) >= 11 is 0. The third-order valence-corrected chi connectivity index (χ3v) is 9.44. The zero-order valence-electron chi connectivity index (χ0n) is 13.5. The van der Waals surface area contributed by atoms with Crippen molar-refractivity contribution in [1.82, 2.24) is 4.98 Å². The van der Waals surface area contributed by atoms with Crippen LogP contribution >= 0.6 is 0 Å². The molecule has 20 heavy (non-hydrogen) atoms. The van der Waals surface area contributed by atoms with Crippen LogP contribution in [-0.4, -0.2) is 13.3 Å². The number of fused-ring (bicyclic) bond motifs is 1. The van der Waals surface area contributed by atoms with E-state index in [1.165, 1.54) is 0 Å². The van der Waals surface area contributed by atoms with Crippen molar-refractivity contribution in [3.63, 3.8) is 0 Å². The highest BCUT2D eigenvalue weighted by atomic mass is 28.4. The summed E-state index contributed by atoms with van der Waals surface area (Å²) in [5, 5.41) is 0.186. The van der Waals surface area contributed by atoms with Crippen molar-refractivity contribution in [3.05, 3.63) is 33.7 Å². The smallest absolute Gasteiger partial charge is 0.192 e. The Hall–Kier alpha value is -0.873. The fourth-order valence-corrected chi connectivity index (χ4v) is 3.92. The molecule has 1 aromatic rings. The van der Waals surface area contributed by atoms with Crippen LogP contribution in [0.25, 0.3) is 0 Å². The third-order valence-electron chi connectivity index (χ3n) is 4.95. The molecule has 0 aliphatic heterocycles. The zero-order valence-corrected chi connectivity index (χ0v) is 14.5. The molecule has 1 N–H and O–H groups in total. The molecule has 2 atom stereocenters. The average Bonchev–Trinajstić information content (AvgIpc) is 2.31. The van der Waals surface area contributed by atoms with Crippen LogP contribution in [0.3, 0.4) is 0 Å². The van der Waals surface area contributed by atoms with Crippen LogP contribution in [0.1, 0.15) is 63.8 Å². The van der Waals surface area contributed by atoms with Gasteiger partial charge in [-0.3, -0.25) is 4.79 Å². The highest BCUT2D eigenvalue weighted by Gasteiger charge is 2.41. The topological polar surface area (TPSA) is 42.1 Å². The SMILES string of the molecule is C[C@@H]1CC[C@@H](O[Si](C)(C)C(C)(C)C)c2[nH]ccc(=O)c21. The summed E-state index contributed by atoms with van der Waals surface area (Å²) in [6.45, 7) is 13.4. The van der Waals surface area contributed by atoms with Gasteiger partial charge < -0.3 is 9.41 Å². The summed E-state index contributed by atoms with van der Waals surface area (Å²) in [7, 11) is -1.82. The molecular formula is C16H27NO2Si. The number of hydrogen-bond acceptors (Lipinski definition) is 2. The number of pyridine rings is 1. The van der Waals surface area contributed by atoms with E-state index in [0.29, 0.717) is 5.92 Å². The van der Waals surface area contributed by atoms with Crippen LogP contribution in [0.4, 0.5) is 0 Å². The van der Waals surface area contributed by atoms with E-state index < -0.39 is 8.32 Å². The molecule has 0 unspecified atom stereocenters. The van der Waals surface area contributed by atoms with E-state index in [2.05, 4.69) is 45.8 Å². The first kappa shape index (κ1) is 15.5. The molecule has 0 bridgehead atoms. The summed E-state index contributed by atoms with van der Waals surface area (Å²) in [6.07, 6.45) is 3.83. The number of H-pyrrole nitrogens is 1. The normalized spacial score (nSPS) is 23.5. The molecule has 0 amide bonds. The fraction of sp³-hybridized carbons (Fsp3) is 0.688. The van der Waals surface area contributed by atoms with Crippen LogP contribution < -0.4 is 5.43 Å². The standard InChI is InChI=1S/C16H27NO2Si/c1-11-7-8-13(19-20(5,6)16(2,3)4)15-14(11)12(18)9-10-17-15/h9-11,13H,7-8H2,1-6H3,(H,17,18)/t11-,13-/m1/s1. The first-order valence-corrected chi connectivity index (χ1v) is 10.4. The highest BCUT2D eigenvalue weighted by molar-refractivity contribution is 6.74. The second-order valence-electron chi connectivity index (χ2n) is 7.51. The van der Waals surface area contributed by atoms with Crippen LogP contribution in [0.5, 0.6) is 0 Å². The predicted molar refractivity (Wildman–Crippen MR) is 85.7 cm³/mol. The molecule has 3 nitrogen and oxygen atoms in total. The van der Waals surface area contributed by atoms with Gasteiger partial charge in [-0.15, -0.1) is 0 Å². The number of hydrogen-bond donors (Lipinski definition) is 1. The molecule has 0 spiro atoms. The summed E-state index contributed by atoms with van der Waals surface area (Å²) in [4.78, 5) is 15.4. The Balaban J connectivity index is 2.36. The van der Waals surface area contributed by atoms with Crippen molar-refractivity contribution in [2.75, 3.05) is 0 Å². The Morgan fingerprint density at radius 1 is 1.30 bits per heavy atom. The van der Waals surface area contributed by atoms with Gasteiger partial charge in [-0.05, 0) is 36.9 Å². The lowest BCUT2D eigenvalue weighted by Crippen LogP contribution is -2.43. The number of aromatic nitrogens is 1. The van der Waals surface area contributed by atoms with Crippen molar-refractivity contribution < 1.29 is 4.43 Å². The molecule has 1 aliphatic carbocycles. The number of aromatic amines is 1. The molecule has 4 heteroatoms. The minimum atomic E-state index is -1.82. The first-order valence-electron chi connectivity index (χ1n) is 7.53. The Morgan fingerprint density at radius 3 is 2.55 bits per heavy atom. The molecule has 0 radical (unpaired) electrons. The Kier molecular flexibility index (Phi) is 4.00. The maximum Gasteiger partial charge on any atom is 0.192 e. The fourth-order valence-electron chi connectivity index (χ4n) is 2.62. The van der Waals surface area contributed by atoms with Crippen molar-refractivity contribution in [1.29, 1.82) is 0 Å². The van der Waals surface area contributed by atoms with E-state index in [1.807, 2.05) is 0 Å². The van der Waals surface area contributed by atoms with E-state index in [-0.39, 0.29) is 16.6 Å². The van der Waals surface area contributed by atoms with Crippen LogP contribution in [0.15, 0.2) is 17.1 Å². The predicted octanol–water partition coefficient (Wildman–Crippen LogP) is 4.34. The van der Waals surface area contributed by atoms with Crippen LogP contribution in [0, 0.1) is 0 Å². The van der Waals surface area contributed by atoms with E-state index >= 15 is 0 Å². The lowest BCUT2D eigenvalue weighted by atomic mass is 9.85. The van der Waals surface area contributed by atoms with Crippen molar-refractivity contribution in [3.8, 4) is 0 Å². The Labute approximate surface area is 122 Å². The quantitative estimate of drug-likeness (QED) is 0.824. The van der Waals surface area contributed by atoms with E-state index in [9.17, 15) is 4.79 Å². The molecule has 2 rings (SSSR count). The lowest BCUT2D eigenvalue weighted by Gasteiger charge is -2.41. The van der Waals surface area contributed by atoms with E-state index in [1.54, 1.807) is 12.3 Å². The molecule has 1 aromatic heterocycles. The van der Waals surface area contributed by atoms with Gasteiger partial charge in [0.05, 0.1) is 11.8 Å². The summed E-state index contributed by atoms with van der Waals surface area (Å²) in [5.74, 6) is 0.328. The molecular weight excluding hydrogens is 266 g/mol. The van der Waals surface area contributed by atoms with Gasteiger partial charge in [0.25, 0.3) is 0 Å². The van der Waals surface area contributed by atoms with Crippen LogP contribution in [-0.2, 0) is 4.43 Å². The molecule has 1 aliphatic rings. The summed E-state index contributed by atoms with van der Waals surface area (Å²) in [5.41, 5.74) is 2.10. The van der Waals surface area contributed by atoms with Gasteiger partial charge >= 0.3 is 0 Å². The van der Waals surface area contributed by atoms with E-state index in [0.717, 1.165) is 24.1 Å². The van der Waals surface area contributed by atoms with Crippen molar-refractivity contribution >= 4 is 8.32 Å². The van der Waals surface area contributed by atoms with Gasteiger partial charge in [0, 0.05) is 17.8 Å². The van der Waals surface area contributed by atoms with Gasteiger partial charge in [0.2, 0.25) is 0 Å². The zero-order chi connectivity index (χ0) is 15.1. The first-order chi connectivity index (χ1) is 9.13. The van der Waals surface area contributed by atoms with Gasteiger partial charge in [-0.1, -0.05) is 27.7 Å². The molecule has 112 valence electrons. The molecule has 0 aromatic carbocycles. The second-order valence-corrected chi connectivity index (χ2v) is 12.3. The second kappa shape index (κ2) is 5.15. The maximum absolute atomic E-state index is 12.1. The molecule has 1 heterocycles. The van der Waals surface area contributed by atoms with Crippen molar-refractivity contribution in [2.45, 2.75) is 70.7 Å². The van der Waals surface area contributed by atoms with Crippen LogP contribution in [0.2, 0.25) is 18.1 Å². The molecule has 0 saturated carbocycles. The van der Waals surface area contributed by atoms with E-state index in [4.69, 9.17) is 4.43 Å². The highest BCUT2D eigenvalue weighted by Crippen LogP contribution is 2.43. The Bertz CT molecular complexity index is 542. The largest absolute Gasteiger partial charge is 0.408 e. The number of rotatable bonds is 2. The van der Waals surface area contributed by atoms with Crippen molar-refractivity contribution in [2.24, 2.45) is 0 Å². The van der Waals surface area contributed by atoms with Gasteiger partial charge in [0.15, 0.2) is 13.7 Å². The minimum absolute atomic E-state index is 0.0518. The van der Waals surface area contributed by atoms with Gasteiger partial charge in [0.1, 0.15) is 0 Å². The maximum atomic E-state index is 12.1. The number of nitrogens with one attached hydrogen (secondary N) is 1. The minimum Gasteiger partial charge on any atom is -0.408 e. The monoisotopic (exact) mass is 293 g/mol. The van der Waals surface area contributed by atoms with Gasteiger partial charge in [-0.2, -0.15) is 0 Å². The molecule has 0 fully saturated rings. The molecule has 0 saturated heterocycles. The Morgan fingerprint density at radius 2 is 1.95 bits per heavy atom. The lowest BCUT2D eigenvalue weighted by molar-refractivity contribution is 0.153. The average molecular weight is 293 g/mol. The summed E-state index contributed by atoms with van der Waals surface area (Å²) < 4.78 is 6.54. The third kappa shape index (κ3) is 2.77. The van der Waals surface area contributed by atoms with Gasteiger partial charge in [-0.25, -0.2) is 0 Å². The summed E-state index contributed by atoms with van der Waals surface area (Å²) in [6, 6.07) is 1.63.